The molecule has 51 heavy (non-hydrogen) atoms. The fourth-order valence-corrected chi connectivity index (χ4v) is 6.77. The van der Waals surface area contributed by atoms with Crippen LogP contribution < -0.4 is 9.64 Å². The molecule has 4 aromatic rings. The molecule has 5 rings (SSSR count). The molecule has 0 aliphatic carbocycles. The summed E-state index contributed by atoms with van der Waals surface area (Å²) in [6, 6.07) is 14.8. The molecule has 0 amide bonds. The SMILES string of the molecule is C=CCOC1(C)CCN(c2c(C(OC(C)(C)C)C(=O)OC)c(C)cc3nc(-c4cccc(-c5cc(C)c(C)cc5O[C@@H](C)CC=C)c4)cn23)CC1. The first-order chi connectivity index (χ1) is 24.2. The number of hydrogen-bond acceptors (Lipinski definition) is 7. The predicted octanol–water partition coefficient (Wildman–Crippen LogP) is 9.53. The summed E-state index contributed by atoms with van der Waals surface area (Å²) in [5, 5.41) is 0. The van der Waals surface area contributed by atoms with E-state index in [1.54, 1.807) is 6.08 Å². The molecule has 0 bridgehead atoms. The summed E-state index contributed by atoms with van der Waals surface area (Å²) in [5.74, 6) is 1.29. The van der Waals surface area contributed by atoms with Crippen molar-refractivity contribution in [1.82, 2.24) is 9.38 Å². The van der Waals surface area contributed by atoms with Crippen molar-refractivity contribution < 1.29 is 23.7 Å². The zero-order valence-corrected chi connectivity index (χ0v) is 32.0. The highest BCUT2D eigenvalue weighted by Crippen LogP contribution is 2.41. The summed E-state index contributed by atoms with van der Waals surface area (Å²) in [6.45, 7) is 26.0. The number of fused-ring (bicyclic) bond motifs is 1. The smallest absolute Gasteiger partial charge is 0.339 e. The highest BCUT2D eigenvalue weighted by atomic mass is 16.6. The van der Waals surface area contributed by atoms with Crippen LogP contribution >= 0.6 is 0 Å². The molecule has 8 heteroatoms. The number of esters is 1. The molecule has 3 heterocycles. The van der Waals surface area contributed by atoms with Gasteiger partial charge in [0.05, 0.1) is 36.7 Å². The lowest BCUT2D eigenvalue weighted by Gasteiger charge is -2.41. The lowest BCUT2D eigenvalue weighted by molar-refractivity contribution is -0.164. The molecule has 0 N–H and O–H groups in total. The second kappa shape index (κ2) is 15.5. The number of nitrogens with zero attached hydrogens (tertiary/aromatic N) is 3. The van der Waals surface area contributed by atoms with Gasteiger partial charge in [-0.15, -0.1) is 13.2 Å². The molecule has 272 valence electrons. The van der Waals surface area contributed by atoms with Crippen LogP contribution in [0.3, 0.4) is 0 Å². The normalized spacial score (nSPS) is 15.7. The van der Waals surface area contributed by atoms with Crippen LogP contribution in [0.15, 0.2) is 74.0 Å². The van der Waals surface area contributed by atoms with Gasteiger partial charge in [0.25, 0.3) is 0 Å². The lowest BCUT2D eigenvalue weighted by Crippen LogP contribution is -2.45. The third-order valence-corrected chi connectivity index (χ3v) is 9.68. The van der Waals surface area contributed by atoms with Crippen molar-refractivity contribution >= 4 is 17.4 Å². The van der Waals surface area contributed by atoms with Crippen molar-refractivity contribution in [2.75, 3.05) is 31.7 Å². The third kappa shape index (κ3) is 8.57. The van der Waals surface area contributed by atoms with Gasteiger partial charge < -0.3 is 23.8 Å². The number of carbonyl (C=O) groups excluding carboxylic acids is 1. The molecule has 1 fully saturated rings. The quantitative estimate of drug-likeness (QED) is 0.102. The number of imidazole rings is 1. The van der Waals surface area contributed by atoms with Gasteiger partial charge in [-0.25, -0.2) is 9.78 Å². The van der Waals surface area contributed by atoms with Gasteiger partial charge in [-0.3, -0.25) is 4.40 Å². The first kappa shape index (κ1) is 37.8. The van der Waals surface area contributed by atoms with Crippen LogP contribution in [0, 0.1) is 20.8 Å². The van der Waals surface area contributed by atoms with E-state index in [4.69, 9.17) is 23.9 Å². The van der Waals surface area contributed by atoms with Crippen molar-refractivity contribution in [2.24, 2.45) is 0 Å². The summed E-state index contributed by atoms with van der Waals surface area (Å²) >= 11 is 0. The summed E-state index contributed by atoms with van der Waals surface area (Å²) in [6.07, 6.45) is 7.21. The van der Waals surface area contributed by atoms with Gasteiger partial charge in [0, 0.05) is 42.4 Å². The molecule has 0 radical (unpaired) electrons. The average Bonchev–Trinajstić information content (AvgIpc) is 3.51. The van der Waals surface area contributed by atoms with Crippen molar-refractivity contribution in [3.8, 4) is 28.1 Å². The second-order valence-electron chi connectivity index (χ2n) is 15.1. The van der Waals surface area contributed by atoms with Crippen LogP contribution in [0.5, 0.6) is 5.75 Å². The second-order valence-corrected chi connectivity index (χ2v) is 15.1. The molecule has 2 aromatic carbocycles. The zero-order chi connectivity index (χ0) is 37.1. The van der Waals surface area contributed by atoms with Crippen LogP contribution in [0.1, 0.15) is 82.2 Å². The standard InChI is InChI=1S/C43H55N3O5/c1-12-15-31(6)50-36-24-29(4)28(3)23-34(36)32-16-14-17-33(26-32)35-27-46-37(44-35)25-30(5)38(39(41(47)48-11)51-42(7,8)9)40(46)45-20-18-43(10,19-21-45)49-22-13-2/h12-14,16-17,23-27,31,39H,1-2,15,18-22H2,3-11H3/t31-,39?/m0/s1. The minimum atomic E-state index is -0.930. The van der Waals surface area contributed by atoms with Crippen molar-refractivity contribution in [2.45, 2.75) is 98.1 Å². The number of benzene rings is 2. The molecule has 2 atom stereocenters. The highest BCUT2D eigenvalue weighted by molar-refractivity contribution is 5.82. The maximum Gasteiger partial charge on any atom is 0.339 e. The zero-order valence-electron chi connectivity index (χ0n) is 32.0. The molecule has 1 aliphatic heterocycles. The van der Waals surface area contributed by atoms with Gasteiger partial charge in [0.15, 0.2) is 6.10 Å². The maximum atomic E-state index is 13.5. The van der Waals surface area contributed by atoms with Gasteiger partial charge in [-0.05, 0) is 115 Å². The summed E-state index contributed by atoms with van der Waals surface area (Å²) in [5.41, 5.74) is 7.87. The van der Waals surface area contributed by atoms with Gasteiger partial charge in [0.2, 0.25) is 0 Å². The summed E-state index contributed by atoms with van der Waals surface area (Å²) < 4.78 is 26.6. The van der Waals surface area contributed by atoms with Gasteiger partial charge in [-0.2, -0.15) is 0 Å². The van der Waals surface area contributed by atoms with Crippen LogP contribution in [0.2, 0.25) is 0 Å². The van der Waals surface area contributed by atoms with Crippen LogP contribution in [0.25, 0.3) is 28.0 Å². The Morgan fingerprint density at radius 2 is 1.69 bits per heavy atom. The fourth-order valence-electron chi connectivity index (χ4n) is 6.77. The fraction of sp³-hybridized carbons (Fsp3) is 0.442. The first-order valence-electron chi connectivity index (χ1n) is 17.9. The average molecular weight is 694 g/mol. The van der Waals surface area contributed by atoms with Crippen LogP contribution in [-0.2, 0) is 19.0 Å². The molecular weight excluding hydrogens is 638 g/mol. The number of pyridine rings is 1. The Labute approximate surface area is 304 Å². The molecule has 1 aliphatic rings. The van der Waals surface area contributed by atoms with E-state index in [0.29, 0.717) is 6.61 Å². The van der Waals surface area contributed by atoms with E-state index in [0.717, 1.165) is 83.1 Å². The van der Waals surface area contributed by atoms with Crippen molar-refractivity contribution in [1.29, 1.82) is 0 Å². The Bertz CT molecular complexity index is 1890. The molecule has 0 saturated carbocycles. The predicted molar refractivity (Wildman–Crippen MR) is 207 cm³/mol. The van der Waals surface area contributed by atoms with Crippen LogP contribution in [-0.4, -0.2) is 59.5 Å². The Hall–Kier alpha value is -4.40. The summed E-state index contributed by atoms with van der Waals surface area (Å²) in [7, 11) is 1.41. The number of rotatable bonds is 13. The number of hydrogen-bond donors (Lipinski definition) is 0. The lowest BCUT2D eigenvalue weighted by atomic mass is 9.92. The molecule has 1 saturated heterocycles. The van der Waals surface area contributed by atoms with E-state index < -0.39 is 17.7 Å². The maximum absolute atomic E-state index is 13.5. The van der Waals surface area contributed by atoms with E-state index in [2.05, 4.69) is 92.7 Å². The van der Waals surface area contributed by atoms with Gasteiger partial charge in [-0.1, -0.05) is 30.4 Å². The Morgan fingerprint density at radius 3 is 2.33 bits per heavy atom. The molecule has 8 nitrogen and oxygen atoms in total. The minimum absolute atomic E-state index is 0.00174. The topological polar surface area (TPSA) is 74.5 Å². The Balaban J connectivity index is 1.65. The number of carbonyl (C=O) groups is 1. The van der Waals surface area contributed by atoms with E-state index in [-0.39, 0.29) is 11.7 Å². The Kier molecular flexibility index (Phi) is 11.5. The number of ether oxygens (including phenoxy) is 4. The number of piperidine rings is 1. The molecule has 0 spiro atoms. The van der Waals surface area contributed by atoms with Crippen LogP contribution in [0.4, 0.5) is 5.82 Å². The number of anilines is 1. The number of aryl methyl sites for hydroxylation is 3. The monoisotopic (exact) mass is 693 g/mol. The van der Waals surface area contributed by atoms with E-state index >= 15 is 0 Å². The van der Waals surface area contributed by atoms with E-state index in [1.165, 1.54) is 18.2 Å². The van der Waals surface area contributed by atoms with Crippen molar-refractivity contribution in [3.63, 3.8) is 0 Å². The van der Waals surface area contributed by atoms with E-state index in [9.17, 15) is 4.79 Å². The van der Waals surface area contributed by atoms with E-state index in [1.807, 2.05) is 39.8 Å². The Morgan fingerprint density at radius 1 is 1.00 bits per heavy atom. The number of methoxy groups -OCH3 is 1. The largest absolute Gasteiger partial charge is 0.490 e. The van der Waals surface area contributed by atoms with Gasteiger partial charge in [0.1, 0.15) is 17.2 Å². The first-order valence-corrected chi connectivity index (χ1v) is 17.9. The molecule has 2 aromatic heterocycles. The highest BCUT2D eigenvalue weighted by Gasteiger charge is 2.37. The van der Waals surface area contributed by atoms with Crippen molar-refractivity contribution in [3.05, 3.63) is 96.2 Å². The minimum Gasteiger partial charge on any atom is -0.490 e. The molecular formula is C43H55N3O5. The third-order valence-electron chi connectivity index (χ3n) is 9.68. The number of aromatic nitrogens is 2. The van der Waals surface area contributed by atoms with Gasteiger partial charge >= 0.3 is 5.97 Å². The molecule has 1 unspecified atom stereocenters. The summed E-state index contributed by atoms with van der Waals surface area (Å²) in [4.78, 5) is 21.0.